The van der Waals surface area contributed by atoms with Gasteiger partial charge >= 0.3 is 0 Å². The van der Waals surface area contributed by atoms with Crippen LogP contribution >= 0.6 is 0 Å². The van der Waals surface area contributed by atoms with Gasteiger partial charge in [-0.3, -0.25) is 4.79 Å². The predicted molar refractivity (Wildman–Crippen MR) is 76.8 cm³/mol. The minimum atomic E-state index is 0.372. The Morgan fingerprint density at radius 3 is 2.47 bits per heavy atom. The number of hydrogen-bond donors (Lipinski definition) is 1. The van der Waals surface area contributed by atoms with E-state index in [1.807, 2.05) is 0 Å². The Balaban J connectivity index is 1.54. The van der Waals surface area contributed by atoms with Crippen LogP contribution in [0.2, 0.25) is 0 Å². The molecule has 2 atom stereocenters. The molecule has 1 aliphatic heterocycles. The molecule has 108 valence electrons. The van der Waals surface area contributed by atoms with Crippen molar-refractivity contribution in [2.24, 2.45) is 23.7 Å². The Morgan fingerprint density at radius 2 is 1.84 bits per heavy atom. The van der Waals surface area contributed by atoms with Gasteiger partial charge < -0.3 is 10.2 Å². The van der Waals surface area contributed by atoms with Gasteiger partial charge in [0.15, 0.2) is 0 Å². The Bertz CT molecular complexity index is 315. The minimum Gasteiger partial charge on any atom is -0.342 e. The zero-order valence-corrected chi connectivity index (χ0v) is 12.2. The van der Waals surface area contributed by atoms with Crippen molar-refractivity contribution >= 4 is 5.91 Å². The number of nitrogens with one attached hydrogen (secondary N) is 1. The molecule has 0 aromatic rings. The van der Waals surface area contributed by atoms with Crippen molar-refractivity contribution in [1.29, 1.82) is 0 Å². The molecular weight excluding hydrogens is 236 g/mol. The van der Waals surface area contributed by atoms with E-state index in [0.29, 0.717) is 11.8 Å². The van der Waals surface area contributed by atoms with Crippen LogP contribution in [0.15, 0.2) is 0 Å². The highest BCUT2D eigenvalue weighted by atomic mass is 16.2. The largest absolute Gasteiger partial charge is 0.342 e. The average molecular weight is 264 g/mol. The summed E-state index contributed by atoms with van der Waals surface area (Å²) >= 11 is 0. The molecule has 1 amide bonds. The quantitative estimate of drug-likeness (QED) is 0.826. The van der Waals surface area contributed by atoms with Crippen LogP contribution in [0, 0.1) is 23.7 Å². The monoisotopic (exact) mass is 264 g/mol. The first-order chi connectivity index (χ1) is 9.28. The summed E-state index contributed by atoms with van der Waals surface area (Å²) in [5.41, 5.74) is 0. The van der Waals surface area contributed by atoms with Gasteiger partial charge in [0.25, 0.3) is 0 Å². The molecule has 3 nitrogen and oxygen atoms in total. The van der Waals surface area contributed by atoms with Crippen molar-refractivity contribution in [3.8, 4) is 0 Å². The molecule has 2 aliphatic carbocycles. The summed E-state index contributed by atoms with van der Waals surface area (Å²) in [6, 6.07) is 0. The normalized spacial score (nSPS) is 34.1. The molecule has 0 aromatic carbocycles. The van der Waals surface area contributed by atoms with Crippen LogP contribution in [0.5, 0.6) is 0 Å². The number of carbonyl (C=O) groups is 1. The SMILES string of the molecule is CCCN(CC1CCNCC1)C(=O)C1CC2CC2C1. The van der Waals surface area contributed by atoms with E-state index in [-0.39, 0.29) is 0 Å². The van der Waals surface area contributed by atoms with Crippen LogP contribution in [0.1, 0.15) is 45.4 Å². The van der Waals surface area contributed by atoms with E-state index >= 15 is 0 Å². The lowest BCUT2D eigenvalue weighted by Crippen LogP contribution is -2.42. The molecule has 3 heteroatoms. The van der Waals surface area contributed by atoms with Crippen LogP contribution < -0.4 is 5.32 Å². The lowest BCUT2D eigenvalue weighted by Gasteiger charge is -2.32. The molecule has 3 rings (SSSR count). The lowest BCUT2D eigenvalue weighted by atomic mass is 9.95. The summed E-state index contributed by atoms with van der Waals surface area (Å²) in [6.45, 7) is 6.43. The van der Waals surface area contributed by atoms with E-state index in [1.165, 1.54) is 32.1 Å². The molecule has 19 heavy (non-hydrogen) atoms. The first-order valence-corrected chi connectivity index (χ1v) is 8.27. The predicted octanol–water partition coefficient (Wildman–Crippen LogP) is 2.27. The Hall–Kier alpha value is -0.570. The molecule has 3 fully saturated rings. The van der Waals surface area contributed by atoms with Crippen molar-refractivity contribution in [3.05, 3.63) is 0 Å². The van der Waals surface area contributed by atoms with Gasteiger partial charge in [-0.15, -0.1) is 0 Å². The van der Waals surface area contributed by atoms with Crippen molar-refractivity contribution < 1.29 is 4.79 Å². The molecule has 2 unspecified atom stereocenters. The topological polar surface area (TPSA) is 32.3 Å². The third-order valence-electron chi connectivity index (χ3n) is 5.34. The van der Waals surface area contributed by atoms with E-state index < -0.39 is 0 Å². The number of piperidine rings is 1. The summed E-state index contributed by atoms with van der Waals surface area (Å²) < 4.78 is 0. The maximum atomic E-state index is 12.7. The van der Waals surface area contributed by atoms with Crippen molar-refractivity contribution in [2.75, 3.05) is 26.2 Å². The fourth-order valence-electron chi connectivity index (χ4n) is 4.11. The number of hydrogen-bond acceptors (Lipinski definition) is 2. The molecule has 3 aliphatic rings. The zero-order chi connectivity index (χ0) is 13.2. The number of carbonyl (C=O) groups excluding carboxylic acids is 1. The standard InChI is InChI=1S/C16H28N2O/c1-2-7-18(11-12-3-5-17-6-4-12)16(19)15-9-13-8-14(13)10-15/h12-15,17H,2-11H2,1H3. The summed E-state index contributed by atoms with van der Waals surface area (Å²) in [7, 11) is 0. The van der Waals surface area contributed by atoms with Crippen LogP contribution in [0.4, 0.5) is 0 Å². The molecule has 1 heterocycles. The zero-order valence-electron chi connectivity index (χ0n) is 12.2. The molecule has 0 bridgehead atoms. The highest BCUT2D eigenvalue weighted by Crippen LogP contribution is 2.54. The molecule has 2 saturated carbocycles. The smallest absolute Gasteiger partial charge is 0.225 e. The van der Waals surface area contributed by atoms with Gasteiger partial charge in [-0.25, -0.2) is 0 Å². The average Bonchev–Trinajstić information content (AvgIpc) is 3.05. The Kier molecular flexibility index (Phi) is 4.11. The van der Waals surface area contributed by atoms with Crippen molar-refractivity contribution in [3.63, 3.8) is 0 Å². The number of nitrogens with zero attached hydrogens (tertiary/aromatic N) is 1. The third kappa shape index (κ3) is 3.13. The first kappa shape index (κ1) is 13.4. The maximum absolute atomic E-state index is 12.7. The minimum absolute atomic E-state index is 0.372. The van der Waals surface area contributed by atoms with E-state index in [4.69, 9.17) is 0 Å². The number of fused-ring (bicyclic) bond motifs is 1. The molecule has 0 aromatic heterocycles. The van der Waals surface area contributed by atoms with Crippen LogP contribution in [0.25, 0.3) is 0 Å². The second-order valence-electron chi connectivity index (χ2n) is 6.90. The number of rotatable bonds is 5. The highest BCUT2D eigenvalue weighted by Gasteiger charge is 2.48. The van der Waals surface area contributed by atoms with E-state index in [1.54, 1.807) is 0 Å². The van der Waals surface area contributed by atoms with Gasteiger partial charge in [0.2, 0.25) is 5.91 Å². The van der Waals surface area contributed by atoms with Crippen molar-refractivity contribution in [2.45, 2.75) is 45.4 Å². The highest BCUT2D eigenvalue weighted by molar-refractivity contribution is 5.79. The molecule has 1 saturated heterocycles. The number of amides is 1. The molecular formula is C16H28N2O. The van der Waals surface area contributed by atoms with Gasteiger partial charge in [0.1, 0.15) is 0 Å². The van der Waals surface area contributed by atoms with Gasteiger partial charge in [0.05, 0.1) is 0 Å². The summed E-state index contributed by atoms with van der Waals surface area (Å²) in [5.74, 6) is 3.41. The van der Waals surface area contributed by atoms with Crippen LogP contribution in [0.3, 0.4) is 0 Å². The fourth-order valence-corrected chi connectivity index (χ4v) is 4.11. The van der Waals surface area contributed by atoms with Crippen molar-refractivity contribution in [1.82, 2.24) is 10.2 Å². The van der Waals surface area contributed by atoms with E-state index in [0.717, 1.165) is 50.4 Å². The second-order valence-corrected chi connectivity index (χ2v) is 6.90. The van der Waals surface area contributed by atoms with Gasteiger partial charge in [-0.05, 0) is 69.4 Å². The van der Waals surface area contributed by atoms with E-state index in [2.05, 4.69) is 17.1 Å². The third-order valence-corrected chi connectivity index (χ3v) is 5.34. The summed E-state index contributed by atoms with van der Waals surface area (Å²) in [4.78, 5) is 14.9. The Morgan fingerprint density at radius 1 is 1.16 bits per heavy atom. The van der Waals surface area contributed by atoms with Gasteiger partial charge in [0, 0.05) is 19.0 Å². The maximum Gasteiger partial charge on any atom is 0.225 e. The first-order valence-electron chi connectivity index (χ1n) is 8.27. The van der Waals surface area contributed by atoms with Gasteiger partial charge in [-0.2, -0.15) is 0 Å². The molecule has 0 radical (unpaired) electrons. The van der Waals surface area contributed by atoms with Crippen LogP contribution in [-0.2, 0) is 4.79 Å². The van der Waals surface area contributed by atoms with Gasteiger partial charge in [-0.1, -0.05) is 6.92 Å². The fraction of sp³-hybridized carbons (Fsp3) is 0.938. The molecule has 1 N–H and O–H groups in total. The Labute approximate surface area is 117 Å². The summed E-state index contributed by atoms with van der Waals surface area (Å²) in [5, 5.41) is 3.41. The van der Waals surface area contributed by atoms with E-state index in [9.17, 15) is 4.79 Å². The van der Waals surface area contributed by atoms with Crippen LogP contribution in [-0.4, -0.2) is 37.0 Å². The molecule has 0 spiro atoms. The second kappa shape index (κ2) is 5.82. The lowest BCUT2D eigenvalue weighted by molar-refractivity contribution is -0.136. The summed E-state index contributed by atoms with van der Waals surface area (Å²) in [6.07, 6.45) is 7.36.